The molecule has 0 amide bonds. The predicted molar refractivity (Wildman–Crippen MR) is 71.0 cm³/mol. The van der Waals surface area contributed by atoms with Gasteiger partial charge in [-0.1, -0.05) is 50.2 Å². The summed E-state index contributed by atoms with van der Waals surface area (Å²) in [6.45, 7) is 5.54. The predicted octanol–water partition coefficient (Wildman–Crippen LogP) is 3.98. The molecule has 0 atom stereocenters. The highest BCUT2D eigenvalue weighted by atomic mass is 16.1. The minimum Gasteiger partial charge on any atom is -0.293 e. The van der Waals surface area contributed by atoms with E-state index < -0.39 is 0 Å². The number of carbonyl (C=O) groups is 1. The highest BCUT2D eigenvalue weighted by molar-refractivity contribution is 5.98. The van der Waals surface area contributed by atoms with E-state index in [1.54, 1.807) is 6.20 Å². The van der Waals surface area contributed by atoms with Crippen molar-refractivity contribution in [1.29, 1.82) is 0 Å². The molecule has 2 aromatic rings. The largest absolute Gasteiger partial charge is 0.293 e. The van der Waals surface area contributed by atoms with Crippen LogP contribution in [0.3, 0.4) is 0 Å². The van der Waals surface area contributed by atoms with E-state index in [0.717, 1.165) is 11.1 Å². The lowest BCUT2D eigenvalue weighted by Gasteiger charge is -2.04. The monoisotopic (exact) mass is 227 g/mol. The zero-order chi connectivity index (χ0) is 12.7. The van der Waals surface area contributed by atoms with Gasteiger partial charge in [-0.25, -0.2) is 0 Å². The zero-order valence-electron chi connectivity index (χ0n) is 10.5. The van der Waals surface area contributed by atoms with Crippen molar-refractivity contribution in [2.24, 2.45) is 0 Å². The molecule has 17 heavy (non-hydrogen) atoms. The summed E-state index contributed by atoms with van der Waals surface area (Å²) in [6, 6.07) is 13.6. The first-order valence-electron chi connectivity index (χ1n) is 5.80. The molecule has 0 bridgehead atoms. The van der Waals surface area contributed by atoms with E-state index >= 15 is 0 Å². The minimum absolute atomic E-state index is 0.00514. The normalized spacial score (nSPS) is 9.12. The Bertz CT molecular complexity index is 477. The fraction of sp³-hybridized carbons (Fsp3) is 0.200. The maximum Gasteiger partial charge on any atom is 0.178 e. The molecule has 0 aliphatic heterocycles. The Hall–Kier alpha value is -1.96. The fourth-order valence-corrected chi connectivity index (χ4v) is 1.54. The molecule has 2 heteroatoms. The zero-order valence-corrected chi connectivity index (χ0v) is 10.5. The summed E-state index contributed by atoms with van der Waals surface area (Å²) in [7, 11) is 0. The second kappa shape index (κ2) is 6.59. The maximum absolute atomic E-state index is 11.4. The quantitative estimate of drug-likeness (QED) is 0.726. The van der Waals surface area contributed by atoms with Crippen LogP contribution >= 0.6 is 0 Å². The average Bonchev–Trinajstić information content (AvgIpc) is 2.42. The van der Waals surface area contributed by atoms with Crippen LogP contribution in [0.25, 0.3) is 11.1 Å². The maximum atomic E-state index is 11.4. The second-order valence-electron chi connectivity index (χ2n) is 3.32. The molecular formula is C15H17NO. The first kappa shape index (κ1) is 13.1. The van der Waals surface area contributed by atoms with E-state index in [2.05, 4.69) is 4.98 Å². The number of ketones is 1. The lowest BCUT2D eigenvalue weighted by atomic mass is 10.0. The van der Waals surface area contributed by atoms with Crippen LogP contribution in [0.5, 0.6) is 0 Å². The molecule has 1 aromatic carbocycles. The summed E-state index contributed by atoms with van der Waals surface area (Å²) in [4.78, 5) is 15.5. The summed E-state index contributed by atoms with van der Waals surface area (Å²) in [5, 5.41) is 0. The van der Waals surface area contributed by atoms with Crippen molar-refractivity contribution in [3.8, 4) is 11.1 Å². The van der Waals surface area contributed by atoms with Crippen LogP contribution in [0.15, 0.2) is 48.7 Å². The smallest absolute Gasteiger partial charge is 0.178 e. The van der Waals surface area contributed by atoms with Crippen molar-refractivity contribution in [1.82, 2.24) is 4.98 Å². The number of carbonyl (C=O) groups excluding carboxylic acids is 1. The minimum atomic E-state index is -0.00514. The van der Waals surface area contributed by atoms with Gasteiger partial charge in [-0.05, 0) is 11.6 Å². The molecule has 0 spiro atoms. The molecule has 88 valence electrons. The molecule has 0 saturated carbocycles. The molecule has 2 rings (SSSR count). The Morgan fingerprint density at radius 1 is 1.00 bits per heavy atom. The summed E-state index contributed by atoms with van der Waals surface area (Å²) >= 11 is 0. The summed E-state index contributed by atoms with van der Waals surface area (Å²) < 4.78 is 0. The summed E-state index contributed by atoms with van der Waals surface area (Å²) in [5.74, 6) is -0.00514. The third-order valence-corrected chi connectivity index (χ3v) is 2.23. The second-order valence-corrected chi connectivity index (χ2v) is 3.32. The van der Waals surface area contributed by atoms with Crippen molar-refractivity contribution >= 4 is 5.78 Å². The number of rotatable bonds is 2. The van der Waals surface area contributed by atoms with Gasteiger partial charge in [-0.15, -0.1) is 0 Å². The van der Waals surface area contributed by atoms with Crippen LogP contribution in [0, 0.1) is 0 Å². The first-order chi connectivity index (χ1) is 8.29. The highest BCUT2D eigenvalue weighted by Gasteiger charge is 2.08. The van der Waals surface area contributed by atoms with Crippen LogP contribution < -0.4 is 0 Å². The third kappa shape index (κ3) is 3.25. The van der Waals surface area contributed by atoms with Crippen molar-refractivity contribution in [2.45, 2.75) is 20.8 Å². The molecule has 0 unspecified atom stereocenters. The third-order valence-electron chi connectivity index (χ3n) is 2.23. The standard InChI is InChI=1S/C13H11NO.C2H6/c1-10(15)13-12(8-5-9-14-13)11-6-3-2-4-7-11;1-2/h2-9H,1H3;1-2H3. The summed E-state index contributed by atoms with van der Waals surface area (Å²) in [5.41, 5.74) is 2.45. The average molecular weight is 227 g/mol. The molecule has 0 saturated heterocycles. The van der Waals surface area contributed by atoms with Crippen LogP contribution in [0.1, 0.15) is 31.3 Å². The molecule has 2 nitrogen and oxygen atoms in total. The number of nitrogens with zero attached hydrogens (tertiary/aromatic N) is 1. The molecule has 0 radical (unpaired) electrons. The summed E-state index contributed by atoms with van der Waals surface area (Å²) in [6.07, 6.45) is 1.64. The Kier molecular flexibility index (Phi) is 5.08. The van der Waals surface area contributed by atoms with Gasteiger partial charge >= 0.3 is 0 Å². The van der Waals surface area contributed by atoms with Crippen LogP contribution in [0.4, 0.5) is 0 Å². The van der Waals surface area contributed by atoms with E-state index in [-0.39, 0.29) is 5.78 Å². The van der Waals surface area contributed by atoms with Gasteiger partial charge < -0.3 is 0 Å². The van der Waals surface area contributed by atoms with Crippen LogP contribution in [-0.2, 0) is 0 Å². The van der Waals surface area contributed by atoms with Crippen molar-refractivity contribution < 1.29 is 4.79 Å². The Morgan fingerprint density at radius 2 is 1.65 bits per heavy atom. The molecule has 0 aliphatic rings. The van der Waals surface area contributed by atoms with Gasteiger partial charge in [0.15, 0.2) is 5.78 Å². The van der Waals surface area contributed by atoms with Crippen molar-refractivity contribution in [3.63, 3.8) is 0 Å². The van der Waals surface area contributed by atoms with E-state index in [9.17, 15) is 4.79 Å². The van der Waals surface area contributed by atoms with Gasteiger partial charge in [0.2, 0.25) is 0 Å². The van der Waals surface area contributed by atoms with Crippen LogP contribution in [0.2, 0.25) is 0 Å². The number of benzene rings is 1. The van der Waals surface area contributed by atoms with Crippen LogP contribution in [-0.4, -0.2) is 10.8 Å². The number of pyridine rings is 1. The molecule has 0 aliphatic carbocycles. The Balaban J connectivity index is 0.000000686. The van der Waals surface area contributed by atoms with E-state index in [0.29, 0.717) is 5.69 Å². The molecule has 1 heterocycles. The first-order valence-corrected chi connectivity index (χ1v) is 5.80. The molecule has 0 N–H and O–H groups in total. The van der Waals surface area contributed by atoms with Crippen molar-refractivity contribution in [2.75, 3.05) is 0 Å². The van der Waals surface area contributed by atoms with Gasteiger partial charge in [-0.3, -0.25) is 9.78 Å². The lowest BCUT2D eigenvalue weighted by Crippen LogP contribution is -1.99. The number of hydrogen-bond donors (Lipinski definition) is 0. The highest BCUT2D eigenvalue weighted by Crippen LogP contribution is 2.21. The Morgan fingerprint density at radius 3 is 2.24 bits per heavy atom. The Labute approximate surface area is 102 Å². The molecular weight excluding hydrogens is 210 g/mol. The number of hydrogen-bond acceptors (Lipinski definition) is 2. The van der Waals surface area contributed by atoms with E-state index in [1.165, 1.54) is 6.92 Å². The van der Waals surface area contributed by atoms with Gasteiger partial charge in [-0.2, -0.15) is 0 Å². The van der Waals surface area contributed by atoms with Gasteiger partial charge in [0.05, 0.1) is 0 Å². The van der Waals surface area contributed by atoms with E-state index in [1.807, 2.05) is 56.3 Å². The van der Waals surface area contributed by atoms with Crippen molar-refractivity contribution in [3.05, 3.63) is 54.4 Å². The number of Topliss-reactive ketones (excluding diaryl/α,β-unsaturated/α-hetero) is 1. The van der Waals surface area contributed by atoms with Gasteiger partial charge in [0.25, 0.3) is 0 Å². The SMILES string of the molecule is CC.CC(=O)c1ncccc1-c1ccccc1. The molecule has 1 aromatic heterocycles. The fourth-order valence-electron chi connectivity index (χ4n) is 1.54. The van der Waals surface area contributed by atoms with Gasteiger partial charge in [0, 0.05) is 18.7 Å². The van der Waals surface area contributed by atoms with Gasteiger partial charge in [0.1, 0.15) is 5.69 Å². The topological polar surface area (TPSA) is 30.0 Å². The number of aromatic nitrogens is 1. The molecule has 0 fully saturated rings. The lowest BCUT2D eigenvalue weighted by molar-refractivity contribution is 0.101. The van der Waals surface area contributed by atoms with E-state index in [4.69, 9.17) is 0 Å².